The van der Waals surface area contributed by atoms with Crippen molar-refractivity contribution in [3.8, 4) is 0 Å². The quantitative estimate of drug-likeness (QED) is 0.510. The molecule has 152 valence electrons. The SMILES string of the molecule is CCNC(=NCC1(C2CC2)CC1)NCC1CC(=O)N(CCc2ccccc2)C1. The van der Waals surface area contributed by atoms with Crippen LogP contribution in [-0.2, 0) is 11.2 Å². The molecule has 0 bridgehead atoms. The molecule has 1 saturated heterocycles. The Morgan fingerprint density at radius 1 is 1.21 bits per heavy atom. The monoisotopic (exact) mass is 382 g/mol. The second-order valence-corrected chi connectivity index (χ2v) is 8.86. The molecule has 28 heavy (non-hydrogen) atoms. The van der Waals surface area contributed by atoms with Crippen molar-refractivity contribution in [3.05, 3.63) is 35.9 Å². The molecule has 2 saturated carbocycles. The van der Waals surface area contributed by atoms with Crippen LogP contribution in [0.3, 0.4) is 0 Å². The second-order valence-electron chi connectivity index (χ2n) is 8.86. The third kappa shape index (κ3) is 4.86. The van der Waals surface area contributed by atoms with Gasteiger partial charge in [0, 0.05) is 45.1 Å². The molecule has 2 N–H and O–H groups in total. The zero-order valence-corrected chi connectivity index (χ0v) is 17.1. The maximum Gasteiger partial charge on any atom is 0.223 e. The Morgan fingerprint density at radius 2 is 2.00 bits per heavy atom. The van der Waals surface area contributed by atoms with Crippen molar-refractivity contribution in [2.24, 2.45) is 22.2 Å². The highest BCUT2D eigenvalue weighted by Crippen LogP contribution is 2.61. The highest BCUT2D eigenvalue weighted by Gasteiger charge is 2.53. The molecule has 3 aliphatic rings. The lowest BCUT2D eigenvalue weighted by Crippen LogP contribution is -2.40. The minimum atomic E-state index is 0.287. The molecule has 1 amide bonds. The van der Waals surface area contributed by atoms with Crippen molar-refractivity contribution in [1.29, 1.82) is 0 Å². The normalized spacial score (nSPS) is 23.8. The third-order valence-corrected chi connectivity index (χ3v) is 6.60. The van der Waals surface area contributed by atoms with Crippen LogP contribution in [0, 0.1) is 17.3 Å². The zero-order chi connectivity index (χ0) is 19.4. The first-order chi connectivity index (χ1) is 13.7. The van der Waals surface area contributed by atoms with E-state index in [1.807, 2.05) is 11.0 Å². The number of hydrogen-bond donors (Lipinski definition) is 2. The molecule has 2 aliphatic carbocycles. The summed E-state index contributed by atoms with van der Waals surface area (Å²) in [5.41, 5.74) is 1.82. The molecule has 1 heterocycles. The van der Waals surface area contributed by atoms with Crippen molar-refractivity contribution in [2.45, 2.75) is 45.4 Å². The summed E-state index contributed by atoms with van der Waals surface area (Å²) < 4.78 is 0. The molecule has 3 fully saturated rings. The minimum absolute atomic E-state index is 0.287. The first-order valence-electron chi connectivity index (χ1n) is 11.0. The van der Waals surface area contributed by atoms with E-state index in [-0.39, 0.29) is 5.91 Å². The number of guanidine groups is 1. The summed E-state index contributed by atoms with van der Waals surface area (Å²) in [7, 11) is 0. The van der Waals surface area contributed by atoms with Crippen molar-refractivity contribution in [3.63, 3.8) is 0 Å². The maximum absolute atomic E-state index is 12.4. The second kappa shape index (κ2) is 8.54. The third-order valence-electron chi connectivity index (χ3n) is 6.60. The highest BCUT2D eigenvalue weighted by molar-refractivity contribution is 5.81. The number of carbonyl (C=O) groups excluding carboxylic acids is 1. The molecule has 1 aliphatic heterocycles. The highest BCUT2D eigenvalue weighted by atomic mass is 16.2. The van der Waals surface area contributed by atoms with E-state index in [1.54, 1.807) is 0 Å². The van der Waals surface area contributed by atoms with E-state index in [0.29, 0.717) is 17.8 Å². The fourth-order valence-electron chi connectivity index (χ4n) is 4.49. The van der Waals surface area contributed by atoms with Crippen LogP contribution in [-0.4, -0.2) is 49.5 Å². The molecule has 5 heteroatoms. The fourth-order valence-corrected chi connectivity index (χ4v) is 4.49. The van der Waals surface area contributed by atoms with Crippen molar-refractivity contribution in [1.82, 2.24) is 15.5 Å². The Hall–Kier alpha value is -2.04. The molecule has 4 rings (SSSR count). The van der Waals surface area contributed by atoms with Gasteiger partial charge in [0.1, 0.15) is 0 Å². The number of rotatable bonds is 9. The predicted octanol–water partition coefficient (Wildman–Crippen LogP) is 2.82. The van der Waals surface area contributed by atoms with E-state index in [4.69, 9.17) is 4.99 Å². The van der Waals surface area contributed by atoms with Gasteiger partial charge in [-0.25, -0.2) is 0 Å². The summed E-state index contributed by atoms with van der Waals surface area (Å²) in [6.07, 6.45) is 7.10. The summed E-state index contributed by atoms with van der Waals surface area (Å²) in [5.74, 6) is 2.51. The Kier molecular flexibility index (Phi) is 5.88. The standard InChI is InChI=1S/C23H34N4O/c1-2-24-22(26-17-23(11-12-23)20-8-9-20)25-15-19-14-21(28)27(16-19)13-10-18-6-4-3-5-7-18/h3-7,19-20H,2,8-17H2,1H3,(H2,24,25,26). The van der Waals surface area contributed by atoms with Crippen LogP contribution in [0.4, 0.5) is 0 Å². The topological polar surface area (TPSA) is 56.7 Å². The number of nitrogens with one attached hydrogen (secondary N) is 2. The lowest BCUT2D eigenvalue weighted by molar-refractivity contribution is -0.127. The molecule has 1 aromatic rings. The number of hydrogen-bond acceptors (Lipinski definition) is 2. The molecular weight excluding hydrogens is 348 g/mol. The smallest absolute Gasteiger partial charge is 0.223 e. The van der Waals surface area contributed by atoms with Crippen LogP contribution in [0.1, 0.15) is 44.6 Å². The summed E-state index contributed by atoms with van der Waals surface area (Å²) in [5, 5.41) is 6.87. The molecule has 1 unspecified atom stereocenters. The van der Waals surface area contributed by atoms with Gasteiger partial charge < -0.3 is 15.5 Å². The van der Waals surface area contributed by atoms with Crippen LogP contribution >= 0.6 is 0 Å². The number of likely N-dealkylation sites (tertiary alicyclic amines) is 1. The van der Waals surface area contributed by atoms with Gasteiger partial charge >= 0.3 is 0 Å². The van der Waals surface area contributed by atoms with Crippen LogP contribution in [0.5, 0.6) is 0 Å². The Bertz CT molecular complexity index is 694. The number of aliphatic imine (C=N–C) groups is 1. The van der Waals surface area contributed by atoms with E-state index in [2.05, 4.69) is 41.8 Å². The number of amides is 1. The Balaban J connectivity index is 1.23. The zero-order valence-electron chi connectivity index (χ0n) is 17.1. The largest absolute Gasteiger partial charge is 0.357 e. The molecule has 0 radical (unpaired) electrons. The molecule has 5 nitrogen and oxygen atoms in total. The van der Waals surface area contributed by atoms with E-state index >= 15 is 0 Å². The molecule has 0 spiro atoms. The van der Waals surface area contributed by atoms with Gasteiger partial charge in [-0.1, -0.05) is 30.3 Å². The van der Waals surface area contributed by atoms with Gasteiger partial charge in [0.15, 0.2) is 5.96 Å². The van der Waals surface area contributed by atoms with Gasteiger partial charge in [0.2, 0.25) is 5.91 Å². The van der Waals surface area contributed by atoms with E-state index in [9.17, 15) is 4.79 Å². The summed E-state index contributed by atoms with van der Waals surface area (Å²) in [6.45, 7) is 6.42. The van der Waals surface area contributed by atoms with Gasteiger partial charge in [-0.3, -0.25) is 9.79 Å². The van der Waals surface area contributed by atoms with Crippen LogP contribution in [0.2, 0.25) is 0 Å². The summed E-state index contributed by atoms with van der Waals surface area (Å²) in [6, 6.07) is 10.4. The van der Waals surface area contributed by atoms with Gasteiger partial charge in [0.25, 0.3) is 0 Å². The first kappa shape index (κ1) is 19.3. The number of carbonyl (C=O) groups is 1. The average molecular weight is 383 g/mol. The van der Waals surface area contributed by atoms with Gasteiger partial charge in [-0.2, -0.15) is 0 Å². The van der Waals surface area contributed by atoms with Gasteiger partial charge in [0.05, 0.1) is 0 Å². The Labute approximate surface area is 169 Å². The molecule has 1 atom stereocenters. The van der Waals surface area contributed by atoms with E-state index < -0.39 is 0 Å². The molecule has 1 aromatic carbocycles. The Morgan fingerprint density at radius 3 is 2.68 bits per heavy atom. The summed E-state index contributed by atoms with van der Waals surface area (Å²) in [4.78, 5) is 19.3. The molecule has 0 aromatic heterocycles. The van der Waals surface area contributed by atoms with Crippen LogP contribution in [0.25, 0.3) is 0 Å². The lowest BCUT2D eigenvalue weighted by Gasteiger charge is -2.18. The van der Waals surface area contributed by atoms with E-state index in [0.717, 1.165) is 51.0 Å². The number of benzene rings is 1. The van der Waals surface area contributed by atoms with Gasteiger partial charge in [-0.15, -0.1) is 0 Å². The molecular formula is C23H34N4O. The van der Waals surface area contributed by atoms with Crippen LogP contribution in [0.15, 0.2) is 35.3 Å². The fraction of sp³-hybridized carbons (Fsp3) is 0.652. The van der Waals surface area contributed by atoms with Gasteiger partial charge in [-0.05, 0) is 55.9 Å². The van der Waals surface area contributed by atoms with Crippen molar-refractivity contribution in [2.75, 3.05) is 32.7 Å². The summed E-state index contributed by atoms with van der Waals surface area (Å²) >= 11 is 0. The van der Waals surface area contributed by atoms with Crippen LogP contribution < -0.4 is 10.6 Å². The van der Waals surface area contributed by atoms with E-state index in [1.165, 1.54) is 31.2 Å². The number of nitrogens with zero attached hydrogens (tertiary/aromatic N) is 2. The first-order valence-corrected chi connectivity index (χ1v) is 11.0. The average Bonchev–Trinajstić information content (AvgIpc) is 3.61. The van der Waals surface area contributed by atoms with Crippen molar-refractivity contribution >= 4 is 11.9 Å². The van der Waals surface area contributed by atoms with Crippen molar-refractivity contribution < 1.29 is 4.79 Å². The lowest BCUT2D eigenvalue weighted by atomic mass is 10.0. The predicted molar refractivity (Wildman–Crippen MR) is 113 cm³/mol. The maximum atomic E-state index is 12.4. The minimum Gasteiger partial charge on any atom is -0.357 e.